The first-order valence-electron chi connectivity index (χ1n) is 9.69. The molecule has 8 heteroatoms. The lowest BCUT2D eigenvalue weighted by atomic mass is 10.2. The zero-order valence-corrected chi connectivity index (χ0v) is 18.0. The van der Waals surface area contributed by atoms with Crippen molar-refractivity contribution in [3.8, 4) is 17.4 Å². The van der Waals surface area contributed by atoms with Crippen molar-refractivity contribution in [2.75, 3.05) is 4.72 Å². The van der Waals surface area contributed by atoms with E-state index < -0.39 is 10.0 Å². The topological polar surface area (TPSA) is 86.1 Å². The van der Waals surface area contributed by atoms with Crippen molar-refractivity contribution >= 4 is 15.7 Å². The number of hydrogen-bond acceptors (Lipinski definition) is 5. The van der Waals surface area contributed by atoms with Gasteiger partial charge < -0.3 is 9.30 Å². The van der Waals surface area contributed by atoms with Crippen LogP contribution in [0.1, 0.15) is 17.0 Å². The zero-order valence-electron chi connectivity index (χ0n) is 17.2. The van der Waals surface area contributed by atoms with Gasteiger partial charge in [-0.05, 0) is 55.8 Å². The zero-order chi connectivity index (χ0) is 21.8. The van der Waals surface area contributed by atoms with E-state index in [9.17, 15) is 8.42 Å². The lowest BCUT2D eigenvalue weighted by Crippen LogP contribution is -2.15. The fourth-order valence-corrected chi connectivity index (χ4v) is 4.33. The third kappa shape index (κ3) is 5.49. The van der Waals surface area contributed by atoms with Crippen molar-refractivity contribution in [2.45, 2.75) is 19.6 Å². The Hall–Kier alpha value is -3.65. The summed E-state index contributed by atoms with van der Waals surface area (Å²) in [6.07, 6.45) is 3.78. The number of anilines is 1. The van der Waals surface area contributed by atoms with Crippen LogP contribution in [0.3, 0.4) is 0 Å². The highest BCUT2D eigenvalue weighted by atomic mass is 32.2. The van der Waals surface area contributed by atoms with Gasteiger partial charge in [0.15, 0.2) is 0 Å². The highest BCUT2D eigenvalue weighted by Crippen LogP contribution is 2.24. The number of hydrogen-bond donors (Lipinski definition) is 1. The number of sulfonamides is 1. The van der Waals surface area contributed by atoms with E-state index >= 15 is 0 Å². The molecule has 1 N–H and O–H groups in total. The van der Waals surface area contributed by atoms with Crippen LogP contribution in [0.25, 0.3) is 5.82 Å². The molecule has 4 rings (SSSR count). The quantitative estimate of drug-likeness (QED) is 0.459. The Morgan fingerprint density at radius 3 is 2.39 bits per heavy atom. The molecule has 2 aromatic carbocycles. The van der Waals surface area contributed by atoms with Crippen molar-refractivity contribution in [3.63, 3.8) is 0 Å². The van der Waals surface area contributed by atoms with Gasteiger partial charge >= 0.3 is 0 Å². The SMILES string of the molecule is Cc1cccc(CS(=O)(=O)Nc2ccc(Oc3cc(-n4cccc4)nc(C)n3)cc2)c1. The van der Waals surface area contributed by atoms with Crippen molar-refractivity contribution in [3.05, 3.63) is 96.1 Å². The number of aryl methyl sites for hydroxylation is 2. The summed E-state index contributed by atoms with van der Waals surface area (Å²) < 4.78 is 35.3. The van der Waals surface area contributed by atoms with Gasteiger partial charge in [-0.1, -0.05) is 29.8 Å². The minimum Gasteiger partial charge on any atom is -0.439 e. The summed E-state index contributed by atoms with van der Waals surface area (Å²) in [4.78, 5) is 8.72. The standard InChI is InChI=1S/C23H22N4O3S/c1-17-6-5-7-19(14-17)16-31(28,29)26-20-8-10-21(11-9-20)30-23-15-22(24-18(2)25-23)27-12-3-4-13-27/h3-15,26H,16H2,1-2H3. The van der Waals surface area contributed by atoms with Gasteiger partial charge in [0.25, 0.3) is 0 Å². The Morgan fingerprint density at radius 1 is 0.935 bits per heavy atom. The minimum atomic E-state index is -3.53. The van der Waals surface area contributed by atoms with Crippen molar-refractivity contribution in [2.24, 2.45) is 0 Å². The molecule has 0 bridgehead atoms. The number of nitrogens with one attached hydrogen (secondary N) is 1. The van der Waals surface area contributed by atoms with Gasteiger partial charge in [-0.25, -0.2) is 13.4 Å². The first kappa shape index (κ1) is 20.6. The third-order valence-corrected chi connectivity index (χ3v) is 5.72. The maximum atomic E-state index is 12.5. The Morgan fingerprint density at radius 2 is 1.68 bits per heavy atom. The molecule has 0 aliphatic carbocycles. The van der Waals surface area contributed by atoms with Crippen LogP contribution in [0.5, 0.6) is 11.6 Å². The molecular formula is C23H22N4O3S. The van der Waals surface area contributed by atoms with E-state index in [-0.39, 0.29) is 5.75 Å². The minimum absolute atomic E-state index is 0.0880. The predicted octanol–water partition coefficient (Wildman–Crippen LogP) is 4.62. The van der Waals surface area contributed by atoms with Crippen molar-refractivity contribution < 1.29 is 13.2 Å². The molecule has 0 spiro atoms. The van der Waals surface area contributed by atoms with Crippen LogP contribution in [0.15, 0.2) is 79.1 Å². The molecule has 0 amide bonds. The van der Waals surface area contributed by atoms with Crippen LogP contribution in [-0.2, 0) is 15.8 Å². The third-order valence-electron chi connectivity index (χ3n) is 4.46. The molecule has 2 heterocycles. The summed E-state index contributed by atoms with van der Waals surface area (Å²) in [5.41, 5.74) is 2.23. The second-order valence-electron chi connectivity index (χ2n) is 7.18. The van der Waals surface area contributed by atoms with E-state index in [0.717, 1.165) is 11.1 Å². The summed E-state index contributed by atoms with van der Waals surface area (Å²) >= 11 is 0. The van der Waals surface area contributed by atoms with Gasteiger partial charge in [-0.15, -0.1) is 0 Å². The Labute approximate surface area is 181 Å². The van der Waals surface area contributed by atoms with Gasteiger partial charge in [0.05, 0.1) is 5.75 Å². The molecule has 0 atom stereocenters. The van der Waals surface area contributed by atoms with Gasteiger partial charge in [-0.2, -0.15) is 4.98 Å². The van der Waals surface area contributed by atoms with Crippen LogP contribution in [0.4, 0.5) is 5.69 Å². The Balaban J connectivity index is 1.45. The average molecular weight is 435 g/mol. The molecule has 0 unspecified atom stereocenters. The lowest BCUT2D eigenvalue weighted by Gasteiger charge is -2.11. The largest absolute Gasteiger partial charge is 0.439 e. The van der Waals surface area contributed by atoms with Crippen LogP contribution >= 0.6 is 0 Å². The average Bonchev–Trinajstić information content (AvgIpc) is 3.23. The summed E-state index contributed by atoms with van der Waals surface area (Å²) in [7, 11) is -3.53. The maximum Gasteiger partial charge on any atom is 0.236 e. The first-order valence-corrected chi connectivity index (χ1v) is 11.3. The van der Waals surface area contributed by atoms with Gasteiger partial charge in [0.1, 0.15) is 17.4 Å². The Bertz CT molecular complexity index is 1280. The summed E-state index contributed by atoms with van der Waals surface area (Å²) in [5, 5.41) is 0. The van der Waals surface area contributed by atoms with Crippen LogP contribution in [0, 0.1) is 13.8 Å². The number of benzene rings is 2. The fraction of sp³-hybridized carbons (Fsp3) is 0.130. The van der Waals surface area contributed by atoms with Gasteiger partial charge in [0.2, 0.25) is 15.9 Å². The van der Waals surface area contributed by atoms with E-state index in [2.05, 4.69) is 14.7 Å². The summed E-state index contributed by atoms with van der Waals surface area (Å²) in [6, 6.07) is 19.7. The predicted molar refractivity (Wildman–Crippen MR) is 120 cm³/mol. The monoisotopic (exact) mass is 434 g/mol. The van der Waals surface area contributed by atoms with E-state index in [4.69, 9.17) is 4.74 Å². The lowest BCUT2D eigenvalue weighted by molar-refractivity contribution is 0.459. The molecule has 0 saturated carbocycles. The number of ether oxygens (including phenoxy) is 1. The molecule has 2 aromatic heterocycles. The normalized spacial score (nSPS) is 11.3. The molecule has 0 radical (unpaired) electrons. The molecule has 0 aliphatic rings. The highest BCUT2D eigenvalue weighted by molar-refractivity contribution is 7.91. The second kappa shape index (κ2) is 8.61. The van der Waals surface area contributed by atoms with Crippen molar-refractivity contribution in [1.29, 1.82) is 0 Å². The molecule has 0 fully saturated rings. The van der Waals surface area contributed by atoms with Crippen molar-refractivity contribution in [1.82, 2.24) is 14.5 Å². The van der Waals surface area contributed by atoms with Gasteiger partial charge in [-0.3, -0.25) is 4.72 Å². The molecule has 158 valence electrons. The van der Waals surface area contributed by atoms with Gasteiger partial charge in [0, 0.05) is 24.1 Å². The smallest absolute Gasteiger partial charge is 0.236 e. The molecule has 0 aliphatic heterocycles. The fourth-order valence-electron chi connectivity index (χ4n) is 3.15. The summed E-state index contributed by atoms with van der Waals surface area (Å²) in [6.45, 7) is 3.73. The maximum absolute atomic E-state index is 12.5. The number of aromatic nitrogens is 3. The van der Waals surface area contributed by atoms with E-state index in [1.807, 2.05) is 54.2 Å². The molecule has 4 aromatic rings. The van der Waals surface area contributed by atoms with Crippen LogP contribution in [-0.4, -0.2) is 23.0 Å². The highest BCUT2D eigenvalue weighted by Gasteiger charge is 2.12. The molecule has 0 saturated heterocycles. The van der Waals surface area contributed by atoms with E-state index in [1.54, 1.807) is 43.3 Å². The number of nitrogens with zero attached hydrogens (tertiary/aromatic N) is 3. The van der Waals surface area contributed by atoms with E-state index in [1.165, 1.54) is 0 Å². The molecule has 31 heavy (non-hydrogen) atoms. The summed E-state index contributed by atoms with van der Waals surface area (Å²) in [5.74, 6) is 2.15. The van der Waals surface area contributed by atoms with Crippen LogP contribution in [0.2, 0.25) is 0 Å². The van der Waals surface area contributed by atoms with E-state index in [0.29, 0.717) is 29.0 Å². The Kier molecular flexibility index (Phi) is 5.73. The first-order chi connectivity index (χ1) is 14.9. The molecule has 7 nitrogen and oxygen atoms in total. The molecular weight excluding hydrogens is 412 g/mol. The second-order valence-corrected chi connectivity index (χ2v) is 8.90. The van der Waals surface area contributed by atoms with Crippen LogP contribution < -0.4 is 9.46 Å². The number of rotatable bonds is 7.